The third kappa shape index (κ3) is 6.41. The maximum absolute atomic E-state index is 13.1. The molecule has 0 bridgehead atoms. The monoisotopic (exact) mass is 601 g/mol. The number of rotatable bonds is 4. The number of ketones is 1. The lowest BCUT2D eigenvalue weighted by Gasteiger charge is -2.31. The van der Waals surface area contributed by atoms with Crippen molar-refractivity contribution >= 4 is 57.8 Å². The Morgan fingerprint density at radius 3 is 2.42 bits per heavy atom. The number of carbonyl (C=O) groups excluding carboxylic acids is 2. The van der Waals surface area contributed by atoms with E-state index < -0.39 is 35.5 Å². The van der Waals surface area contributed by atoms with Crippen LogP contribution in [-0.2, 0) is 17.5 Å². The molecule has 1 aromatic carbocycles. The van der Waals surface area contributed by atoms with Crippen molar-refractivity contribution in [1.29, 1.82) is 0 Å². The highest BCUT2D eigenvalue weighted by molar-refractivity contribution is 7.09. The van der Waals surface area contributed by atoms with Gasteiger partial charge in [0, 0.05) is 30.6 Å². The first kappa shape index (κ1) is 28.2. The maximum Gasteiger partial charge on any atom is 0.421 e. The molecule has 0 radical (unpaired) electrons. The van der Waals surface area contributed by atoms with Crippen molar-refractivity contribution in [3.63, 3.8) is 0 Å². The molecule has 6 nitrogen and oxygen atoms in total. The molecule has 198 valence electrons. The van der Waals surface area contributed by atoms with Gasteiger partial charge < -0.3 is 9.47 Å². The smallest absolute Gasteiger partial charge is 0.341 e. The molecular formula is C25H17Cl3F3N3O3S. The van der Waals surface area contributed by atoms with Crippen LogP contribution in [-0.4, -0.2) is 39.2 Å². The summed E-state index contributed by atoms with van der Waals surface area (Å²) in [7, 11) is 0. The van der Waals surface area contributed by atoms with Crippen molar-refractivity contribution in [1.82, 2.24) is 14.5 Å². The van der Waals surface area contributed by atoms with E-state index in [2.05, 4.69) is 16.8 Å². The number of hydrogen-bond donors (Lipinski definition) is 0. The van der Waals surface area contributed by atoms with Crippen LogP contribution < -0.4 is 5.56 Å². The van der Waals surface area contributed by atoms with Gasteiger partial charge in [-0.2, -0.15) is 13.2 Å². The molecule has 1 fully saturated rings. The predicted octanol–water partition coefficient (Wildman–Crippen LogP) is 5.92. The topological polar surface area (TPSA) is 72.3 Å². The molecule has 1 amide bonds. The number of alkyl halides is 3. The molecule has 0 saturated carbocycles. The fourth-order valence-corrected chi connectivity index (χ4v) is 5.69. The molecule has 4 rings (SSSR count). The number of piperidine rings is 1. The summed E-state index contributed by atoms with van der Waals surface area (Å²) in [6.07, 6.45) is -2.72. The van der Waals surface area contributed by atoms with Crippen LogP contribution in [0.2, 0.25) is 15.1 Å². The van der Waals surface area contributed by atoms with Crippen molar-refractivity contribution in [2.75, 3.05) is 13.1 Å². The lowest BCUT2D eigenvalue weighted by Crippen LogP contribution is -2.41. The molecule has 2 aromatic heterocycles. The molecule has 1 aliphatic rings. The zero-order chi connectivity index (χ0) is 27.6. The van der Waals surface area contributed by atoms with Gasteiger partial charge in [0.2, 0.25) is 11.7 Å². The van der Waals surface area contributed by atoms with Crippen molar-refractivity contribution < 1.29 is 22.8 Å². The Hall–Kier alpha value is -2.84. The molecule has 3 aromatic rings. The number of hydrogen-bond acceptors (Lipinski definition) is 5. The highest BCUT2D eigenvalue weighted by atomic mass is 35.5. The Labute approximate surface area is 233 Å². The van der Waals surface area contributed by atoms with E-state index in [1.807, 2.05) is 0 Å². The Kier molecular flexibility index (Phi) is 8.52. The van der Waals surface area contributed by atoms with Crippen LogP contribution in [0.3, 0.4) is 0 Å². The highest BCUT2D eigenvalue weighted by Crippen LogP contribution is 2.31. The zero-order valence-corrected chi connectivity index (χ0v) is 22.4. The van der Waals surface area contributed by atoms with E-state index in [0.29, 0.717) is 42.3 Å². The first-order chi connectivity index (χ1) is 17.9. The van der Waals surface area contributed by atoms with E-state index in [1.54, 1.807) is 23.6 Å². The van der Waals surface area contributed by atoms with Gasteiger partial charge in [-0.15, -0.1) is 11.3 Å². The van der Waals surface area contributed by atoms with E-state index >= 15 is 0 Å². The van der Waals surface area contributed by atoms with Crippen LogP contribution in [0.4, 0.5) is 13.2 Å². The second-order valence-corrected chi connectivity index (χ2v) is 10.5. The first-order valence-corrected chi connectivity index (χ1v) is 13.2. The minimum absolute atomic E-state index is 0.0408. The summed E-state index contributed by atoms with van der Waals surface area (Å²) in [5.41, 5.74) is -2.20. The van der Waals surface area contributed by atoms with Crippen LogP contribution in [0.5, 0.6) is 0 Å². The predicted molar refractivity (Wildman–Crippen MR) is 139 cm³/mol. The number of thiazole rings is 1. The molecule has 3 heterocycles. The quantitative estimate of drug-likeness (QED) is 0.274. The summed E-state index contributed by atoms with van der Waals surface area (Å²) in [6.45, 7) is 0.137. The summed E-state index contributed by atoms with van der Waals surface area (Å²) >= 11 is 19.2. The fourth-order valence-electron chi connectivity index (χ4n) is 3.97. The van der Waals surface area contributed by atoms with Gasteiger partial charge in [-0.1, -0.05) is 40.9 Å². The van der Waals surface area contributed by atoms with Crippen LogP contribution in [0, 0.1) is 11.8 Å². The standard InChI is InChI=1S/C25H17Cl3F3N3O3S/c26-15-10-17(25(29,30)31)24(37)34(11-15)12-21(36)33-8-6-14(7-9-33)23-32-16(13-38-23)4-5-20(35)22-18(27)2-1-3-19(22)28/h1-3,10-11,13-14H,6-9,12H2. The number of halogens is 6. The minimum atomic E-state index is -4.88. The maximum atomic E-state index is 13.1. The van der Waals surface area contributed by atoms with Gasteiger partial charge in [-0.3, -0.25) is 14.4 Å². The second kappa shape index (κ2) is 11.5. The summed E-state index contributed by atoms with van der Waals surface area (Å²) in [5, 5.41) is 2.65. The van der Waals surface area contributed by atoms with E-state index in [1.165, 1.54) is 16.2 Å². The van der Waals surface area contributed by atoms with Crippen molar-refractivity contribution in [3.05, 3.63) is 83.1 Å². The number of amides is 1. The summed E-state index contributed by atoms with van der Waals surface area (Å²) in [4.78, 5) is 43.3. The summed E-state index contributed by atoms with van der Waals surface area (Å²) in [6, 6.07) is 5.27. The highest BCUT2D eigenvalue weighted by Gasteiger charge is 2.35. The van der Waals surface area contributed by atoms with Gasteiger partial charge >= 0.3 is 6.18 Å². The zero-order valence-electron chi connectivity index (χ0n) is 19.3. The normalized spacial score (nSPS) is 14.2. The molecule has 1 saturated heterocycles. The molecule has 13 heteroatoms. The number of pyridine rings is 1. The third-order valence-corrected chi connectivity index (χ3v) is 7.72. The number of aromatic nitrogens is 2. The average molecular weight is 603 g/mol. The van der Waals surface area contributed by atoms with Gasteiger partial charge in [-0.25, -0.2) is 4.98 Å². The summed E-state index contributed by atoms with van der Waals surface area (Å²) in [5.74, 6) is 4.27. The largest absolute Gasteiger partial charge is 0.421 e. The molecule has 0 N–H and O–H groups in total. The molecule has 0 atom stereocenters. The molecular weight excluding hydrogens is 586 g/mol. The second-order valence-electron chi connectivity index (χ2n) is 8.40. The van der Waals surface area contributed by atoms with Crippen LogP contribution >= 0.6 is 46.1 Å². The van der Waals surface area contributed by atoms with Gasteiger partial charge in [0.1, 0.15) is 17.8 Å². The third-order valence-electron chi connectivity index (χ3n) is 5.88. The van der Waals surface area contributed by atoms with Crippen molar-refractivity contribution in [3.8, 4) is 11.8 Å². The Bertz CT molecular complexity index is 1500. The van der Waals surface area contributed by atoms with E-state index in [9.17, 15) is 27.6 Å². The van der Waals surface area contributed by atoms with Gasteiger partial charge in [0.05, 0.1) is 25.6 Å². The minimum Gasteiger partial charge on any atom is -0.341 e. The van der Waals surface area contributed by atoms with Gasteiger partial charge in [0.25, 0.3) is 5.56 Å². The number of Topliss-reactive ketones (excluding diaryl/α,β-unsaturated/α-hetero) is 1. The van der Waals surface area contributed by atoms with E-state index in [-0.39, 0.29) is 26.5 Å². The van der Waals surface area contributed by atoms with Crippen molar-refractivity contribution in [2.24, 2.45) is 0 Å². The molecule has 38 heavy (non-hydrogen) atoms. The Morgan fingerprint density at radius 1 is 1.13 bits per heavy atom. The molecule has 1 aliphatic heterocycles. The Morgan fingerprint density at radius 2 is 1.79 bits per heavy atom. The van der Waals surface area contributed by atoms with Crippen LogP contribution in [0.1, 0.15) is 45.4 Å². The van der Waals surface area contributed by atoms with Crippen molar-refractivity contribution in [2.45, 2.75) is 31.5 Å². The average Bonchev–Trinajstić information content (AvgIpc) is 3.33. The van der Waals surface area contributed by atoms with Gasteiger partial charge in [0.15, 0.2) is 0 Å². The van der Waals surface area contributed by atoms with E-state index in [4.69, 9.17) is 34.8 Å². The van der Waals surface area contributed by atoms with E-state index in [0.717, 1.165) is 11.2 Å². The lowest BCUT2D eigenvalue weighted by molar-refractivity contribution is -0.139. The first-order valence-electron chi connectivity index (χ1n) is 11.1. The number of nitrogens with zero attached hydrogens (tertiary/aromatic N) is 3. The van der Waals surface area contributed by atoms with Crippen LogP contribution in [0.25, 0.3) is 0 Å². The lowest BCUT2D eigenvalue weighted by atomic mass is 9.97. The molecule has 0 unspecified atom stereocenters. The number of benzene rings is 1. The van der Waals surface area contributed by atoms with Crippen LogP contribution in [0.15, 0.2) is 40.6 Å². The number of carbonyl (C=O) groups is 2. The Balaban J connectivity index is 1.37. The fraction of sp³-hybridized carbons (Fsp3) is 0.280. The van der Waals surface area contributed by atoms with Gasteiger partial charge in [-0.05, 0) is 42.9 Å². The summed E-state index contributed by atoms with van der Waals surface area (Å²) < 4.78 is 40.0. The number of likely N-dealkylation sites (tertiary alicyclic amines) is 1. The molecule has 0 spiro atoms. The SMILES string of the molecule is O=C(C#Cc1csc(C2CCN(C(=O)Cn3cc(Cl)cc(C(F)(F)F)c3=O)CC2)n1)c1c(Cl)cccc1Cl. The molecule has 0 aliphatic carbocycles.